The number of aromatic nitrogens is 1. The largest absolute Gasteiger partial charge is 0.317 e. The number of rotatable bonds is 5. The monoisotopic (exact) mass is 192 g/mol. The first-order chi connectivity index (χ1) is 6.74. The lowest BCUT2D eigenvalue weighted by Crippen LogP contribution is -2.17. The average Bonchev–Trinajstić information content (AvgIpc) is 2.19. The first kappa shape index (κ1) is 10.9. The molecule has 1 heterocycles. The SMILES string of the molecule is CCNCCC(=O)c1ccc(C)nc1. The van der Waals surface area contributed by atoms with E-state index >= 15 is 0 Å². The van der Waals surface area contributed by atoms with Gasteiger partial charge in [-0.15, -0.1) is 0 Å². The van der Waals surface area contributed by atoms with Crippen molar-refractivity contribution in [2.24, 2.45) is 0 Å². The molecule has 1 rings (SSSR count). The third-order valence-corrected chi connectivity index (χ3v) is 2.01. The average molecular weight is 192 g/mol. The minimum atomic E-state index is 0.151. The highest BCUT2D eigenvalue weighted by Crippen LogP contribution is 2.02. The predicted octanol–water partition coefficient (Wildman–Crippen LogP) is 1.57. The number of aryl methyl sites for hydroxylation is 1. The number of ketones is 1. The van der Waals surface area contributed by atoms with Crippen LogP contribution in [0.15, 0.2) is 18.3 Å². The van der Waals surface area contributed by atoms with Gasteiger partial charge < -0.3 is 5.32 Å². The molecule has 0 fully saturated rings. The van der Waals surface area contributed by atoms with Crippen LogP contribution in [-0.4, -0.2) is 23.9 Å². The Balaban J connectivity index is 2.48. The zero-order valence-electron chi connectivity index (χ0n) is 8.71. The van der Waals surface area contributed by atoms with Crippen LogP contribution in [0.2, 0.25) is 0 Å². The topological polar surface area (TPSA) is 42.0 Å². The molecule has 1 aromatic heterocycles. The van der Waals surface area contributed by atoms with Crippen molar-refractivity contribution in [1.82, 2.24) is 10.3 Å². The Bertz CT molecular complexity index is 293. The highest BCUT2D eigenvalue weighted by molar-refractivity contribution is 5.95. The molecular formula is C11H16N2O. The molecule has 76 valence electrons. The first-order valence-corrected chi connectivity index (χ1v) is 4.90. The first-order valence-electron chi connectivity index (χ1n) is 4.90. The smallest absolute Gasteiger partial charge is 0.165 e. The molecule has 0 amide bonds. The van der Waals surface area contributed by atoms with Crippen LogP contribution in [0.5, 0.6) is 0 Å². The van der Waals surface area contributed by atoms with Gasteiger partial charge in [0, 0.05) is 30.4 Å². The van der Waals surface area contributed by atoms with Crippen LogP contribution in [0, 0.1) is 6.92 Å². The van der Waals surface area contributed by atoms with E-state index in [9.17, 15) is 4.79 Å². The van der Waals surface area contributed by atoms with Gasteiger partial charge in [-0.05, 0) is 25.6 Å². The summed E-state index contributed by atoms with van der Waals surface area (Å²) in [5.41, 5.74) is 1.64. The summed E-state index contributed by atoms with van der Waals surface area (Å²) in [6.07, 6.45) is 2.18. The van der Waals surface area contributed by atoms with Crippen LogP contribution in [0.3, 0.4) is 0 Å². The molecule has 3 heteroatoms. The molecule has 0 aliphatic rings. The standard InChI is InChI=1S/C11H16N2O/c1-3-12-7-6-11(14)10-5-4-9(2)13-8-10/h4-5,8,12H,3,6-7H2,1-2H3. The summed E-state index contributed by atoms with van der Waals surface area (Å²) in [5.74, 6) is 0.151. The van der Waals surface area contributed by atoms with Gasteiger partial charge in [0.25, 0.3) is 0 Å². The minimum Gasteiger partial charge on any atom is -0.317 e. The predicted molar refractivity (Wildman–Crippen MR) is 56.5 cm³/mol. The van der Waals surface area contributed by atoms with Crippen molar-refractivity contribution in [2.75, 3.05) is 13.1 Å². The number of nitrogens with zero attached hydrogens (tertiary/aromatic N) is 1. The third kappa shape index (κ3) is 3.26. The molecule has 0 radical (unpaired) electrons. The second kappa shape index (κ2) is 5.50. The molecule has 0 saturated carbocycles. The van der Waals surface area contributed by atoms with Crippen LogP contribution in [0.1, 0.15) is 29.4 Å². The summed E-state index contributed by atoms with van der Waals surface area (Å²) in [7, 11) is 0. The van der Waals surface area contributed by atoms with Crippen molar-refractivity contribution < 1.29 is 4.79 Å². The van der Waals surface area contributed by atoms with Gasteiger partial charge >= 0.3 is 0 Å². The Morgan fingerprint density at radius 1 is 1.50 bits per heavy atom. The molecule has 0 aliphatic carbocycles. The van der Waals surface area contributed by atoms with Gasteiger partial charge in [0.05, 0.1) is 0 Å². The van der Waals surface area contributed by atoms with E-state index in [1.165, 1.54) is 0 Å². The van der Waals surface area contributed by atoms with E-state index in [0.717, 1.165) is 18.8 Å². The fourth-order valence-electron chi connectivity index (χ4n) is 1.16. The molecule has 1 aromatic rings. The van der Waals surface area contributed by atoms with E-state index in [1.807, 2.05) is 26.0 Å². The molecule has 0 aliphatic heterocycles. The number of nitrogens with one attached hydrogen (secondary N) is 1. The van der Waals surface area contributed by atoms with E-state index in [4.69, 9.17) is 0 Å². The number of pyridine rings is 1. The summed E-state index contributed by atoms with van der Waals surface area (Å²) in [6.45, 7) is 5.58. The number of carbonyl (C=O) groups excluding carboxylic acids is 1. The lowest BCUT2D eigenvalue weighted by molar-refractivity contribution is 0.0982. The Morgan fingerprint density at radius 2 is 2.29 bits per heavy atom. The van der Waals surface area contributed by atoms with Gasteiger partial charge in [0.15, 0.2) is 5.78 Å². The second-order valence-corrected chi connectivity index (χ2v) is 3.21. The van der Waals surface area contributed by atoms with Crippen molar-refractivity contribution in [3.05, 3.63) is 29.6 Å². The van der Waals surface area contributed by atoms with E-state index in [1.54, 1.807) is 6.20 Å². The Morgan fingerprint density at radius 3 is 2.86 bits per heavy atom. The highest BCUT2D eigenvalue weighted by atomic mass is 16.1. The van der Waals surface area contributed by atoms with Crippen molar-refractivity contribution >= 4 is 5.78 Å². The van der Waals surface area contributed by atoms with Crippen molar-refractivity contribution in [3.63, 3.8) is 0 Å². The number of Topliss-reactive ketones (excluding diaryl/α,β-unsaturated/α-hetero) is 1. The molecule has 3 nitrogen and oxygen atoms in total. The molecule has 0 atom stereocenters. The van der Waals surface area contributed by atoms with Gasteiger partial charge in [-0.25, -0.2) is 0 Å². The maximum absolute atomic E-state index is 11.6. The summed E-state index contributed by atoms with van der Waals surface area (Å²) in [4.78, 5) is 15.6. The Kier molecular flexibility index (Phi) is 4.26. The van der Waals surface area contributed by atoms with Crippen LogP contribution >= 0.6 is 0 Å². The van der Waals surface area contributed by atoms with Gasteiger partial charge in [-0.1, -0.05) is 6.92 Å². The van der Waals surface area contributed by atoms with E-state index in [2.05, 4.69) is 10.3 Å². The van der Waals surface area contributed by atoms with Crippen LogP contribution < -0.4 is 5.32 Å². The molecule has 0 saturated heterocycles. The van der Waals surface area contributed by atoms with Crippen molar-refractivity contribution in [2.45, 2.75) is 20.3 Å². The van der Waals surface area contributed by atoms with Crippen LogP contribution in [0.4, 0.5) is 0 Å². The fraction of sp³-hybridized carbons (Fsp3) is 0.455. The zero-order chi connectivity index (χ0) is 10.4. The summed E-state index contributed by atoms with van der Waals surface area (Å²) in [5, 5.41) is 3.12. The normalized spacial score (nSPS) is 10.1. The van der Waals surface area contributed by atoms with Crippen molar-refractivity contribution in [3.8, 4) is 0 Å². The number of carbonyl (C=O) groups is 1. The lowest BCUT2D eigenvalue weighted by Gasteiger charge is -2.01. The lowest BCUT2D eigenvalue weighted by atomic mass is 10.1. The van der Waals surface area contributed by atoms with Gasteiger partial charge in [-0.3, -0.25) is 9.78 Å². The number of hydrogen-bond donors (Lipinski definition) is 1. The van der Waals surface area contributed by atoms with E-state index in [-0.39, 0.29) is 5.78 Å². The molecule has 0 spiro atoms. The fourth-order valence-corrected chi connectivity index (χ4v) is 1.16. The summed E-state index contributed by atoms with van der Waals surface area (Å²) < 4.78 is 0. The molecular weight excluding hydrogens is 176 g/mol. The second-order valence-electron chi connectivity index (χ2n) is 3.21. The van der Waals surface area contributed by atoms with Gasteiger partial charge in [0.2, 0.25) is 0 Å². The maximum Gasteiger partial charge on any atom is 0.165 e. The zero-order valence-corrected chi connectivity index (χ0v) is 8.71. The molecule has 14 heavy (non-hydrogen) atoms. The Labute approximate surface area is 84.6 Å². The van der Waals surface area contributed by atoms with Gasteiger partial charge in [0.1, 0.15) is 0 Å². The molecule has 1 N–H and O–H groups in total. The highest BCUT2D eigenvalue weighted by Gasteiger charge is 2.04. The van der Waals surface area contributed by atoms with Gasteiger partial charge in [-0.2, -0.15) is 0 Å². The maximum atomic E-state index is 11.6. The molecule has 0 unspecified atom stereocenters. The third-order valence-electron chi connectivity index (χ3n) is 2.01. The summed E-state index contributed by atoms with van der Waals surface area (Å²) >= 11 is 0. The van der Waals surface area contributed by atoms with Crippen molar-refractivity contribution in [1.29, 1.82) is 0 Å². The Hall–Kier alpha value is -1.22. The van der Waals surface area contributed by atoms with E-state index in [0.29, 0.717) is 12.0 Å². The van der Waals surface area contributed by atoms with E-state index < -0.39 is 0 Å². The minimum absolute atomic E-state index is 0.151. The quantitative estimate of drug-likeness (QED) is 0.569. The van der Waals surface area contributed by atoms with Crippen LogP contribution in [-0.2, 0) is 0 Å². The molecule has 0 aromatic carbocycles. The van der Waals surface area contributed by atoms with Crippen LogP contribution in [0.25, 0.3) is 0 Å². The molecule has 0 bridgehead atoms. The summed E-state index contributed by atoms with van der Waals surface area (Å²) in [6, 6.07) is 3.69. The number of hydrogen-bond acceptors (Lipinski definition) is 3.